The van der Waals surface area contributed by atoms with Gasteiger partial charge in [-0.05, 0) is 39.5 Å². The van der Waals surface area contributed by atoms with Gasteiger partial charge in [0.2, 0.25) is 5.91 Å². The molecular formula is C12H21NO4. The first-order valence-corrected chi connectivity index (χ1v) is 5.91. The van der Waals surface area contributed by atoms with Gasteiger partial charge in [0.15, 0.2) is 0 Å². The van der Waals surface area contributed by atoms with Gasteiger partial charge in [0.25, 0.3) is 0 Å². The molecule has 0 aromatic carbocycles. The Hall–Kier alpha value is -1.10. The molecule has 2 N–H and O–H groups in total. The molecule has 1 fully saturated rings. The highest BCUT2D eigenvalue weighted by molar-refractivity contribution is 5.84. The lowest BCUT2D eigenvalue weighted by Gasteiger charge is -2.22. The highest BCUT2D eigenvalue weighted by Crippen LogP contribution is 2.36. The molecule has 5 nitrogen and oxygen atoms in total. The van der Waals surface area contributed by atoms with Crippen molar-refractivity contribution >= 4 is 11.9 Å². The average molecular weight is 243 g/mol. The van der Waals surface area contributed by atoms with Crippen LogP contribution in [0.25, 0.3) is 0 Å². The second-order valence-electron chi connectivity index (χ2n) is 5.81. The van der Waals surface area contributed by atoms with Gasteiger partial charge in [-0.2, -0.15) is 0 Å². The normalized spacial score (nSPS) is 29.1. The van der Waals surface area contributed by atoms with Crippen LogP contribution < -0.4 is 5.48 Å². The van der Waals surface area contributed by atoms with E-state index in [1.807, 2.05) is 27.7 Å². The van der Waals surface area contributed by atoms with Crippen LogP contribution in [0.4, 0.5) is 0 Å². The first-order chi connectivity index (χ1) is 7.70. The lowest BCUT2D eigenvalue weighted by Crippen LogP contribution is -2.39. The third kappa shape index (κ3) is 4.00. The minimum absolute atomic E-state index is 0.265. The third-order valence-electron chi connectivity index (χ3n) is 2.91. The monoisotopic (exact) mass is 243 g/mol. The van der Waals surface area contributed by atoms with Crippen LogP contribution in [0.5, 0.6) is 0 Å². The number of hydrogen-bond acceptors (Lipinski definition) is 3. The van der Waals surface area contributed by atoms with E-state index in [0.29, 0.717) is 12.8 Å². The molecule has 0 saturated heterocycles. The summed E-state index contributed by atoms with van der Waals surface area (Å²) >= 11 is 0. The number of hydrogen-bond donors (Lipinski definition) is 2. The van der Waals surface area contributed by atoms with Crippen LogP contribution in [0.15, 0.2) is 0 Å². The smallest absolute Gasteiger partial charge is 0.307 e. The Kier molecular flexibility index (Phi) is 4.14. The van der Waals surface area contributed by atoms with Gasteiger partial charge in [0, 0.05) is 0 Å². The van der Waals surface area contributed by atoms with Crippen molar-refractivity contribution in [2.24, 2.45) is 17.8 Å². The van der Waals surface area contributed by atoms with Crippen LogP contribution in [0.1, 0.15) is 40.5 Å². The second-order valence-corrected chi connectivity index (χ2v) is 5.81. The molecule has 1 unspecified atom stereocenters. The molecule has 1 aliphatic carbocycles. The molecule has 3 atom stereocenters. The third-order valence-corrected chi connectivity index (χ3v) is 2.91. The summed E-state index contributed by atoms with van der Waals surface area (Å²) in [6.45, 7) is 7.42. The minimum atomic E-state index is -0.898. The molecule has 0 aliphatic heterocycles. The highest BCUT2D eigenvalue weighted by atomic mass is 16.7. The second kappa shape index (κ2) is 5.04. The van der Waals surface area contributed by atoms with Crippen LogP contribution in [0.2, 0.25) is 0 Å². The number of aliphatic carboxylic acids is 1. The Morgan fingerprint density at radius 1 is 1.24 bits per heavy atom. The van der Waals surface area contributed by atoms with E-state index in [4.69, 9.17) is 9.94 Å². The topological polar surface area (TPSA) is 75.6 Å². The standard InChI is InChI=1S/C12H21NO4/c1-7-5-8(9(6-7)11(15)16)10(14)13-17-12(2,3)4/h7-9H,5-6H2,1-4H3,(H,13,14)(H,15,16)/t7?,8-,9+/m0/s1. The average Bonchev–Trinajstić information content (AvgIpc) is 2.55. The van der Waals surface area contributed by atoms with E-state index in [-0.39, 0.29) is 11.8 Å². The maximum atomic E-state index is 11.9. The highest BCUT2D eigenvalue weighted by Gasteiger charge is 2.41. The fraction of sp³-hybridized carbons (Fsp3) is 0.833. The van der Waals surface area contributed by atoms with Crippen LogP contribution in [0, 0.1) is 17.8 Å². The molecule has 0 aromatic heterocycles. The van der Waals surface area contributed by atoms with Crippen LogP contribution in [-0.4, -0.2) is 22.6 Å². The van der Waals surface area contributed by atoms with Crippen molar-refractivity contribution in [1.29, 1.82) is 0 Å². The van der Waals surface area contributed by atoms with E-state index in [2.05, 4.69) is 5.48 Å². The summed E-state index contributed by atoms with van der Waals surface area (Å²) < 4.78 is 0. The molecule has 0 bridgehead atoms. The van der Waals surface area contributed by atoms with E-state index >= 15 is 0 Å². The van der Waals surface area contributed by atoms with E-state index in [0.717, 1.165) is 0 Å². The lowest BCUT2D eigenvalue weighted by molar-refractivity contribution is -0.156. The van der Waals surface area contributed by atoms with E-state index in [1.54, 1.807) is 0 Å². The van der Waals surface area contributed by atoms with Gasteiger partial charge in [-0.1, -0.05) is 6.92 Å². The van der Waals surface area contributed by atoms with Gasteiger partial charge in [0.1, 0.15) is 0 Å². The first-order valence-electron chi connectivity index (χ1n) is 5.91. The number of amides is 1. The molecule has 98 valence electrons. The molecule has 5 heteroatoms. The van der Waals surface area contributed by atoms with Crippen molar-refractivity contribution in [1.82, 2.24) is 5.48 Å². The molecule has 0 radical (unpaired) electrons. The van der Waals surface area contributed by atoms with Crippen LogP contribution in [0.3, 0.4) is 0 Å². The van der Waals surface area contributed by atoms with Crippen molar-refractivity contribution in [3.8, 4) is 0 Å². The van der Waals surface area contributed by atoms with Crippen molar-refractivity contribution in [2.45, 2.75) is 46.1 Å². The van der Waals surface area contributed by atoms with Crippen molar-refractivity contribution in [3.05, 3.63) is 0 Å². The number of carbonyl (C=O) groups excluding carboxylic acids is 1. The quantitative estimate of drug-likeness (QED) is 0.738. The number of carboxylic acids is 1. The number of rotatable bonds is 3. The summed E-state index contributed by atoms with van der Waals surface area (Å²) in [6, 6.07) is 0. The predicted octanol–water partition coefficient (Wildman–Crippen LogP) is 1.58. The van der Waals surface area contributed by atoms with Crippen LogP contribution >= 0.6 is 0 Å². The summed E-state index contributed by atoms with van der Waals surface area (Å²) in [5.41, 5.74) is 1.89. The number of carboxylic acid groups (broad SMARTS) is 1. The molecule has 0 spiro atoms. The van der Waals surface area contributed by atoms with Crippen LogP contribution in [-0.2, 0) is 14.4 Å². The predicted molar refractivity (Wildman–Crippen MR) is 62.0 cm³/mol. The Labute approximate surface area is 101 Å². The van der Waals surface area contributed by atoms with Gasteiger partial charge >= 0.3 is 5.97 Å². The fourth-order valence-corrected chi connectivity index (χ4v) is 2.13. The fourth-order valence-electron chi connectivity index (χ4n) is 2.13. The molecule has 1 rings (SSSR count). The minimum Gasteiger partial charge on any atom is -0.481 e. The molecule has 17 heavy (non-hydrogen) atoms. The zero-order valence-electron chi connectivity index (χ0n) is 10.8. The summed E-state index contributed by atoms with van der Waals surface area (Å²) in [4.78, 5) is 28.1. The van der Waals surface area contributed by atoms with E-state index in [9.17, 15) is 9.59 Å². The molecule has 1 amide bonds. The van der Waals surface area contributed by atoms with E-state index < -0.39 is 23.4 Å². The molecule has 0 heterocycles. The van der Waals surface area contributed by atoms with Crippen molar-refractivity contribution < 1.29 is 19.5 Å². The van der Waals surface area contributed by atoms with Gasteiger partial charge in [-0.3, -0.25) is 14.4 Å². The number of carbonyl (C=O) groups is 2. The first kappa shape index (κ1) is 14.0. The SMILES string of the molecule is CC1C[C@H](C(=O)NOC(C)(C)C)[C@H](C(=O)O)C1. The van der Waals surface area contributed by atoms with Gasteiger partial charge in [0.05, 0.1) is 17.4 Å². The summed E-state index contributed by atoms with van der Waals surface area (Å²) in [7, 11) is 0. The Morgan fingerprint density at radius 3 is 2.24 bits per heavy atom. The van der Waals surface area contributed by atoms with Gasteiger partial charge in [-0.15, -0.1) is 0 Å². The Balaban J connectivity index is 2.59. The number of nitrogens with one attached hydrogen (secondary N) is 1. The zero-order valence-corrected chi connectivity index (χ0v) is 10.8. The maximum absolute atomic E-state index is 11.9. The zero-order chi connectivity index (χ0) is 13.2. The van der Waals surface area contributed by atoms with Gasteiger partial charge in [-0.25, -0.2) is 5.48 Å². The van der Waals surface area contributed by atoms with Gasteiger partial charge < -0.3 is 5.11 Å². The molecular weight excluding hydrogens is 222 g/mol. The molecule has 0 aromatic rings. The number of hydroxylamine groups is 1. The molecule has 1 aliphatic rings. The maximum Gasteiger partial charge on any atom is 0.307 e. The van der Waals surface area contributed by atoms with Crippen molar-refractivity contribution in [2.75, 3.05) is 0 Å². The summed E-state index contributed by atoms with van der Waals surface area (Å²) in [6.07, 6.45) is 1.17. The summed E-state index contributed by atoms with van der Waals surface area (Å²) in [5, 5.41) is 9.06. The lowest BCUT2D eigenvalue weighted by atomic mass is 9.96. The summed E-state index contributed by atoms with van der Waals surface area (Å²) in [5.74, 6) is -2.03. The molecule has 1 saturated carbocycles. The van der Waals surface area contributed by atoms with E-state index in [1.165, 1.54) is 0 Å². The van der Waals surface area contributed by atoms with Crippen molar-refractivity contribution in [3.63, 3.8) is 0 Å². The Morgan fingerprint density at radius 2 is 1.76 bits per heavy atom. The Bertz CT molecular complexity index is 308. The largest absolute Gasteiger partial charge is 0.481 e.